The summed E-state index contributed by atoms with van der Waals surface area (Å²) in [5, 5.41) is 0. The summed E-state index contributed by atoms with van der Waals surface area (Å²) in [4.78, 5) is 0. The number of rotatable bonds is 7. The molecule has 0 aromatic carbocycles. The highest BCUT2D eigenvalue weighted by Gasteiger charge is 2.35. The van der Waals surface area contributed by atoms with Gasteiger partial charge in [-0.1, -0.05) is 26.2 Å². The molecule has 0 aliphatic heterocycles. The van der Waals surface area contributed by atoms with Gasteiger partial charge < -0.3 is 16.2 Å². The quantitative estimate of drug-likeness (QED) is 0.720. The van der Waals surface area contributed by atoms with Gasteiger partial charge in [0, 0.05) is 13.7 Å². The Kier molecular flexibility index (Phi) is 6.45. The van der Waals surface area contributed by atoms with E-state index in [9.17, 15) is 0 Å². The summed E-state index contributed by atoms with van der Waals surface area (Å²) in [6.45, 7) is 3.83. The van der Waals surface area contributed by atoms with E-state index in [1.165, 1.54) is 38.5 Å². The summed E-state index contributed by atoms with van der Waals surface area (Å²) in [5.74, 6) is 0.692. The van der Waals surface area contributed by atoms with Gasteiger partial charge in [0.25, 0.3) is 0 Å². The van der Waals surface area contributed by atoms with Crippen molar-refractivity contribution in [1.82, 2.24) is 0 Å². The minimum absolute atomic E-state index is 0.218. The summed E-state index contributed by atoms with van der Waals surface area (Å²) >= 11 is 0. The molecule has 0 saturated heterocycles. The van der Waals surface area contributed by atoms with Crippen LogP contribution in [0.5, 0.6) is 0 Å². The summed E-state index contributed by atoms with van der Waals surface area (Å²) in [6, 6.07) is 0. The normalized spacial score (nSPS) is 23.3. The fraction of sp³-hybridized carbons (Fsp3) is 1.00. The van der Waals surface area contributed by atoms with Crippen LogP contribution in [0.25, 0.3) is 0 Å². The van der Waals surface area contributed by atoms with Crippen molar-refractivity contribution >= 4 is 0 Å². The van der Waals surface area contributed by atoms with Crippen LogP contribution in [0.3, 0.4) is 0 Å². The zero-order valence-electron chi connectivity index (χ0n) is 11.6. The first-order valence-corrected chi connectivity index (χ1v) is 7.11. The molecule has 4 N–H and O–H groups in total. The lowest BCUT2D eigenvalue weighted by molar-refractivity contribution is 0.0681. The molecule has 0 bridgehead atoms. The molecule has 1 fully saturated rings. The minimum Gasteiger partial charge on any atom is -0.380 e. The maximum absolute atomic E-state index is 6.05. The Morgan fingerprint density at radius 2 is 1.76 bits per heavy atom. The molecule has 1 aliphatic rings. The number of ether oxygens (including phenoxy) is 1. The monoisotopic (exact) mass is 242 g/mol. The lowest BCUT2D eigenvalue weighted by Crippen LogP contribution is -2.39. The highest BCUT2D eigenvalue weighted by molar-refractivity contribution is 4.88. The van der Waals surface area contributed by atoms with Gasteiger partial charge in [0.1, 0.15) is 0 Å². The molecule has 0 aromatic heterocycles. The third kappa shape index (κ3) is 3.94. The topological polar surface area (TPSA) is 61.3 Å². The molecule has 0 heterocycles. The lowest BCUT2D eigenvalue weighted by Gasteiger charge is -2.42. The van der Waals surface area contributed by atoms with Crippen molar-refractivity contribution in [2.75, 3.05) is 20.2 Å². The molecule has 1 saturated carbocycles. The van der Waals surface area contributed by atoms with E-state index in [1.54, 1.807) is 7.11 Å². The molecular formula is C14H30N2O. The van der Waals surface area contributed by atoms with Crippen molar-refractivity contribution in [3.63, 3.8) is 0 Å². The first-order valence-electron chi connectivity index (χ1n) is 7.11. The fourth-order valence-corrected chi connectivity index (χ4v) is 3.23. The lowest BCUT2D eigenvalue weighted by atomic mass is 9.65. The first kappa shape index (κ1) is 14.9. The third-order valence-electron chi connectivity index (χ3n) is 4.82. The molecule has 0 radical (unpaired) electrons. The smallest absolute Gasteiger partial charge is 0.0693 e. The maximum atomic E-state index is 6.05. The van der Waals surface area contributed by atoms with Crippen LogP contribution in [0.15, 0.2) is 0 Å². The number of methoxy groups -OCH3 is 1. The molecule has 17 heavy (non-hydrogen) atoms. The molecule has 0 aromatic rings. The highest BCUT2D eigenvalue weighted by Crippen LogP contribution is 2.43. The van der Waals surface area contributed by atoms with Crippen LogP contribution >= 0.6 is 0 Å². The minimum atomic E-state index is 0.218. The van der Waals surface area contributed by atoms with E-state index < -0.39 is 0 Å². The predicted octanol–water partition coefficient (Wildman–Crippen LogP) is 2.29. The van der Waals surface area contributed by atoms with E-state index >= 15 is 0 Å². The van der Waals surface area contributed by atoms with Crippen molar-refractivity contribution in [2.24, 2.45) is 22.8 Å². The van der Waals surface area contributed by atoms with Crippen LogP contribution in [0.1, 0.15) is 51.9 Å². The Balaban J connectivity index is 2.45. The van der Waals surface area contributed by atoms with E-state index in [4.69, 9.17) is 16.2 Å². The van der Waals surface area contributed by atoms with Gasteiger partial charge in [-0.25, -0.2) is 0 Å². The molecule has 3 heteroatoms. The average molecular weight is 242 g/mol. The maximum Gasteiger partial charge on any atom is 0.0693 e. The van der Waals surface area contributed by atoms with Gasteiger partial charge in [0.2, 0.25) is 0 Å². The van der Waals surface area contributed by atoms with Crippen molar-refractivity contribution < 1.29 is 4.74 Å². The molecule has 2 atom stereocenters. The first-order chi connectivity index (χ1) is 8.18. The van der Waals surface area contributed by atoms with E-state index in [2.05, 4.69) is 6.92 Å². The van der Waals surface area contributed by atoms with E-state index in [0.717, 1.165) is 13.0 Å². The third-order valence-corrected chi connectivity index (χ3v) is 4.82. The zero-order chi connectivity index (χ0) is 12.7. The van der Waals surface area contributed by atoms with E-state index in [1.807, 2.05) is 0 Å². The number of nitrogens with two attached hydrogens (primary N) is 2. The van der Waals surface area contributed by atoms with Gasteiger partial charge in [-0.15, -0.1) is 0 Å². The molecule has 2 unspecified atom stereocenters. The standard InChI is InChI=1S/C14H30N2O/c1-12(6-7-13(10-15)17-2)14(11-16)8-4-3-5-9-14/h12-13H,3-11,15-16H2,1-2H3. The summed E-state index contributed by atoms with van der Waals surface area (Å²) in [6.07, 6.45) is 9.19. The second kappa shape index (κ2) is 7.34. The molecule has 0 amide bonds. The molecular weight excluding hydrogens is 212 g/mol. The Morgan fingerprint density at radius 1 is 1.12 bits per heavy atom. The second-order valence-electron chi connectivity index (χ2n) is 5.70. The van der Waals surface area contributed by atoms with Crippen molar-refractivity contribution in [3.8, 4) is 0 Å². The van der Waals surface area contributed by atoms with Crippen molar-refractivity contribution in [2.45, 2.75) is 58.0 Å². The summed E-state index contributed by atoms with van der Waals surface area (Å²) in [7, 11) is 1.75. The summed E-state index contributed by atoms with van der Waals surface area (Å²) in [5.41, 5.74) is 12.1. The molecule has 0 spiro atoms. The van der Waals surface area contributed by atoms with Crippen LogP contribution in [0, 0.1) is 11.3 Å². The van der Waals surface area contributed by atoms with E-state index in [-0.39, 0.29) is 6.10 Å². The van der Waals surface area contributed by atoms with Crippen LogP contribution in [-0.4, -0.2) is 26.3 Å². The molecule has 102 valence electrons. The van der Waals surface area contributed by atoms with Crippen LogP contribution < -0.4 is 11.5 Å². The highest BCUT2D eigenvalue weighted by atomic mass is 16.5. The molecule has 1 rings (SSSR count). The van der Waals surface area contributed by atoms with Crippen molar-refractivity contribution in [3.05, 3.63) is 0 Å². The van der Waals surface area contributed by atoms with E-state index in [0.29, 0.717) is 17.9 Å². The van der Waals surface area contributed by atoms with Gasteiger partial charge >= 0.3 is 0 Å². The predicted molar refractivity (Wildman–Crippen MR) is 72.8 cm³/mol. The Hall–Kier alpha value is -0.120. The summed E-state index contributed by atoms with van der Waals surface area (Å²) < 4.78 is 5.35. The van der Waals surface area contributed by atoms with Gasteiger partial charge in [-0.05, 0) is 43.6 Å². The zero-order valence-corrected chi connectivity index (χ0v) is 11.6. The number of hydrogen-bond donors (Lipinski definition) is 2. The van der Waals surface area contributed by atoms with Gasteiger partial charge in [0.05, 0.1) is 6.10 Å². The fourth-order valence-electron chi connectivity index (χ4n) is 3.23. The Morgan fingerprint density at radius 3 is 2.24 bits per heavy atom. The second-order valence-corrected chi connectivity index (χ2v) is 5.70. The molecule has 1 aliphatic carbocycles. The Labute approximate surface area is 106 Å². The SMILES string of the molecule is COC(CN)CCC(C)C1(CN)CCCCC1. The molecule has 3 nitrogen and oxygen atoms in total. The van der Waals surface area contributed by atoms with Gasteiger partial charge in [0.15, 0.2) is 0 Å². The average Bonchev–Trinajstić information content (AvgIpc) is 2.40. The largest absolute Gasteiger partial charge is 0.380 e. The van der Waals surface area contributed by atoms with Gasteiger partial charge in [-0.3, -0.25) is 0 Å². The number of hydrogen-bond acceptors (Lipinski definition) is 3. The van der Waals surface area contributed by atoms with Gasteiger partial charge in [-0.2, -0.15) is 0 Å². The Bertz CT molecular complexity index is 198. The van der Waals surface area contributed by atoms with Crippen LogP contribution in [0.2, 0.25) is 0 Å². The van der Waals surface area contributed by atoms with Crippen molar-refractivity contribution in [1.29, 1.82) is 0 Å². The van der Waals surface area contributed by atoms with Crippen LogP contribution in [-0.2, 0) is 4.74 Å². The van der Waals surface area contributed by atoms with Crippen LogP contribution in [0.4, 0.5) is 0 Å².